The molecule has 1 aliphatic rings. The molecule has 2 aromatic heterocycles. The molecule has 1 aliphatic carbocycles. The Morgan fingerprint density at radius 3 is 2.55 bits per heavy atom. The molecule has 0 spiro atoms. The highest BCUT2D eigenvalue weighted by Gasteiger charge is 2.36. The van der Waals surface area contributed by atoms with E-state index in [0.717, 1.165) is 37.2 Å². The molecule has 1 aromatic carbocycles. The van der Waals surface area contributed by atoms with E-state index in [0.29, 0.717) is 20.2 Å². The summed E-state index contributed by atoms with van der Waals surface area (Å²) in [7, 11) is -3.21. The van der Waals surface area contributed by atoms with Crippen molar-refractivity contribution in [3.63, 3.8) is 0 Å². The minimum atomic E-state index is -3.21. The number of carbonyl (C=O) groups excluding carboxylic acids is 1. The molecule has 1 amide bonds. The fraction of sp³-hybridized carbons (Fsp3) is 0.421. The maximum atomic E-state index is 12.3. The molecular formula is C19H22N6O3S3. The van der Waals surface area contributed by atoms with Crippen LogP contribution >= 0.6 is 23.1 Å². The number of hydrogen-bond donors (Lipinski definition) is 1. The first-order valence-electron chi connectivity index (χ1n) is 9.95. The Labute approximate surface area is 188 Å². The third kappa shape index (κ3) is 4.80. The van der Waals surface area contributed by atoms with Crippen molar-refractivity contribution >= 4 is 44.0 Å². The molecule has 4 rings (SSSR count). The van der Waals surface area contributed by atoms with E-state index in [1.165, 1.54) is 23.1 Å². The first-order chi connectivity index (χ1) is 14.9. The zero-order valence-electron chi connectivity index (χ0n) is 17.1. The molecule has 3 aromatic rings. The number of rotatable bonds is 9. The van der Waals surface area contributed by atoms with Gasteiger partial charge in [-0.3, -0.25) is 10.1 Å². The van der Waals surface area contributed by atoms with Gasteiger partial charge >= 0.3 is 0 Å². The maximum Gasteiger partial charge on any atom is 0.236 e. The Bertz CT molecular complexity index is 1180. The van der Waals surface area contributed by atoms with E-state index in [4.69, 9.17) is 0 Å². The predicted octanol–water partition coefficient (Wildman–Crippen LogP) is 3.05. The largest absolute Gasteiger partial charge is 0.306 e. The van der Waals surface area contributed by atoms with E-state index in [9.17, 15) is 13.2 Å². The highest BCUT2D eigenvalue weighted by Crippen LogP contribution is 2.34. The number of benzene rings is 1. The molecule has 12 heteroatoms. The second kappa shape index (κ2) is 9.05. The lowest BCUT2D eigenvalue weighted by atomic mass is 10.2. The third-order valence-electron chi connectivity index (χ3n) is 4.82. The minimum Gasteiger partial charge on any atom is -0.306 e. The van der Waals surface area contributed by atoms with Gasteiger partial charge in [0.15, 0.2) is 15.0 Å². The summed E-state index contributed by atoms with van der Waals surface area (Å²) in [5.41, 5.74) is 0.755. The summed E-state index contributed by atoms with van der Waals surface area (Å²) in [6.07, 6.45) is 2.26. The molecule has 2 heterocycles. The van der Waals surface area contributed by atoms with Crippen molar-refractivity contribution in [2.45, 2.75) is 55.0 Å². The van der Waals surface area contributed by atoms with Crippen molar-refractivity contribution in [1.82, 2.24) is 25.0 Å². The van der Waals surface area contributed by atoms with E-state index >= 15 is 0 Å². The molecule has 0 atom stereocenters. The SMILES string of the molecule is CCc1nnc(SCC(=O)Nc2nnc(-c3ccc(S(=O)(=O)C4CC4)cc3)s2)n1CC. The van der Waals surface area contributed by atoms with Crippen molar-refractivity contribution in [3.05, 3.63) is 30.1 Å². The summed E-state index contributed by atoms with van der Waals surface area (Å²) < 4.78 is 26.6. The molecule has 1 N–H and O–H groups in total. The van der Waals surface area contributed by atoms with Crippen LogP contribution in [0.3, 0.4) is 0 Å². The number of anilines is 1. The van der Waals surface area contributed by atoms with Crippen LogP contribution in [-0.4, -0.2) is 50.3 Å². The van der Waals surface area contributed by atoms with E-state index in [-0.39, 0.29) is 16.9 Å². The number of aryl methyl sites for hydroxylation is 1. The quantitative estimate of drug-likeness (QED) is 0.466. The van der Waals surface area contributed by atoms with Gasteiger partial charge in [-0.25, -0.2) is 8.42 Å². The lowest BCUT2D eigenvalue weighted by Gasteiger charge is -2.05. The molecule has 0 unspecified atom stereocenters. The molecule has 1 saturated carbocycles. The summed E-state index contributed by atoms with van der Waals surface area (Å²) >= 11 is 2.56. The van der Waals surface area contributed by atoms with Crippen LogP contribution in [-0.2, 0) is 27.6 Å². The van der Waals surface area contributed by atoms with Gasteiger partial charge < -0.3 is 4.57 Å². The fourth-order valence-corrected chi connectivity index (χ4v) is 6.28. The third-order valence-corrected chi connectivity index (χ3v) is 8.96. The van der Waals surface area contributed by atoms with Crippen LogP contribution in [0.2, 0.25) is 0 Å². The number of amides is 1. The van der Waals surface area contributed by atoms with Crippen molar-refractivity contribution in [2.24, 2.45) is 0 Å². The highest BCUT2D eigenvalue weighted by molar-refractivity contribution is 7.99. The smallest absolute Gasteiger partial charge is 0.236 e. The first-order valence-corrected chi connectivity index (χ1v) is 13.3. The Kier molecular flexibility index (Phi) is 6.39. The summed E-state index contributed by atoms with van der Waals surface area (Å²) in [6.45, 7) is 4.79. The van der Waals surface area contributed by atoms with Crippen LogP contribution in [0.25, 0.3) is 10.6 Å². The van der Waals surface area contributed by atoms with Crippen LogP contribution in [0.1, 0.15) is 32.5 Å². The summed E-state index contributed by atoms with van der Waals surface area (Å²) in [5, 5.41) is 20.7. The topological polar surface area (TPSA) is 120 Å². The fourth-order valence-electron chi connectivity index (χ4n) is 3.04. The summed E-state index contributed by atoms with van der Waals surface area (Å²) in [6, 6.07) is 6.65. The minimum absolute atomic E-state index is 0.185. The van der Waals surface area contributed by atoms with Gasteiger partial charge in [-0.1, -0.05) is 42.2 Å². The molecule has 0 radical (unpaired) electrons. The van der Waals surface area contributed by atoms with Crippen molar-refractivity contribution in [1.29, 1.82) is 0 Å². The van der Waals surface area contributed by atoms with E-state index in [1.807, 2.05) is 18.4 Å². The Hall–Kier alpha value is -2.31. The molecule has 9 nitrogen and oxygen atoms in total. The standard InChI is InChI=1S/C19H22N6O3S3/c1-3-15-21-24-19(25(15)4-2)29-11-16(26)20-18-23-22-17(30-18)12-5-7-13(8-6-12)31(27,28)14-9-10-14/h5-8,14H,3-4,9-11H2,1-2H3,(H,20,23,26). The van der Waals surface area contributed by atoms with Crippen LogP contribution in [0.5, 0.6) is 0 Å². The lowest BCUT2D eigenvalue weighted by molar-refractivity contribution is -0.113. The van der Waals surface area contributed by atoms with Crippen LogP contribution in [0.4, 0.5) is 5.13 Å². The van der Waals surface area contributed by atoms with Gasteiger partial charge in [0.25, 0.3) is 0 Å². The van der Waals surface area contributed by atoms with Crippen molar-refractivity contribution in [3.8, 4) is 10.6 Å². The van der Waals surface area contributed by atoms with Gasteiger partial charge in [0.05, 0.1) is 15.9 Å². The summed E-state index contributed by atoms with van der Waals surface area (Å²) in [4.78, 5) is 12.6. The number of sulfone groups is 1. The molecule has 31 heavy (non-hydrogen) atoms. The summed E-state index contributed by atoms with van der Waals surface area (Å²) in [5.74, 6) is 0.877. The molecule has 0 saturated heterocycles. The van der Waals surface area contributed by atoms with E-state index in [2.05, 4.69) is 25.7 Å². The van der Waals surface area contributed by atoms with E-state index in [1.54, 1.807) is 24.3 Å². The van der Waals surface area contributed by atoms with Gasteiger partial charge in [0.2, 0.25) is 11.0 Å². The van der Waals surface area contributed by atoms with Crippen LogP contribution in [0, 0.1) is 0 Å². The van der Waals surface area contributed by atoms with Crippen LogP contribution < -0.4 is 5.32 Å². The van der Waals surface area contributed by atoms with Gasteiger partial charge in [-0.05, 0) is 31.9 Å². The van der Waals surface area contributed by atoms with Crippen molar-refractivity contribution in [2.75, 3.05) is 11.1 Å². The molecule has 1 fully saturated rings. The van der Waals surface area contributed by atoms with Gasteiger partial charge in [0.1, 0.15) is 10.8 Å². The average molecular weight is 479 g/mol. The normalized spacial score (nSPS) is 14.0. The van der Waals surface area contributed by atoms with Gasteiger partial charge in [-0.2, -0.15) is 0 Å². The molecule has 164 valence electrons. The number of carbonyl (C=O) groups is 1. The number of aromatic nitrogens is 5. The second-order valence-corrected chi connectivity index (χ2v) is 11.2. The monoisotopic (exact) mass is 478 g/mol. The predicted molar refractivity (Wildman–Crippen MR) is 120 cm³/mol. The molecule has 0 bridgehead atoms. The number of nitrogens with one attached hydrogen (secondary N) is 1. The first kappa shape index (κ1) is 21.9. The maximum absolute atomic E-state index is 12.3. The molecular weight excluding hydrogens is 456 g/mol. The Morgan fingerprint density at radius 2 is 1.90 bits per heavy atom. The Morgan fingerprint density at radius 1 is 1.16 bits per heavy atom. The van der Waals surface area contributed by atoms with Crippen molar-refractivity contribution < 1.29 is 13.2 Å². The van der Waals surface area contributed by atoms with Gasteiger partial charge in [-0.15, -0.1) is 20.4 Å². The lowest BCUT2D eigenvalue weighted by Crippen LogP contribution is -2.14. The molecule has 0 aliphatic heterocycles. The second-order valence-electron chi connectivity index (χ2n) is 7.01. The number of thioether (sulfide) groups is 1. The zero-order valence-corrected chi connectivity index (χ0v) is 19.6. The highest BCUT2D eigenvalue weighted by atomic mass is 32.2. The Balaban J connectivity index is 1.36. The van der Waals surface area contributed by atoms with Gasteiger partial charge in [0, 0.05) is 18.5 Å². The van der Waals surface area contributed by atoms with Crippen LogP contribution in [0.15, 0.2) is 34.3 Å². The zero-order chi connectivity index (χ0) is 22.0. The average Bonchev–Trinajstić information content (AvgIpc) is 3.42. The number of hydrogen-bond acceptors (Lipinski definition) is 9. The number of nitrogens with zero attached hydrogens (tertiary/aromatic N) is 5. The van der Waals surface area contributed by atoms with E-state index < -0.39 is 9.84 Å².